The summed E-state index contributed by atoms with van der Waals surface area (Å²) in [6.45, 7) is 11.6. The van der Waals surface area contributed by atoms with Crippen molar-refractivity contribution in [2.24, 2.45) is 5.92 Å². The minimum absolute atomic E-state index is 0.251. The maximum Gasteiger partial charge on any atom is 0.0201 e. The SMILES string of the molecule is C=C(Cc1ccccc1)C1=C(C)C=C2CC(=Cc3ccc4c(c3)CCC4)C(=C)C2C1c1ccccc1. The lowest BCUT2D eigenvalue weighted by Gasteiger charge is -2.34. The summed E-state index contributed by atoms with van der Waals surface area (Å²) < 4.78 is 0. The summed E-state index contributed by atoms with van der Waals surface area (Å²) >= 11 is 0. The van der Waals surface area contributed by atoms with Gasteiger partial charge >= 0.3 is 0 Å². The second-order valence-electron chi connectivity index (χ2n) is 10.7. The first-order valence-corrected chi connectivity index (χ1v) is 13.3. The summed E-state index contributed by atoms with van der Waals surface area (Å²) in [6.07, 6.45) is 10.4. The number of rotatable bonds is 5. The van der Waals surface area contributed by atoms with Crippen molar-refractivity contribution < 1.29 is 0 Å². The molecule has 3 aliphatic rings. The quantitative estimate of drug-likeness (QED) is 0.352. The van der Waals surface area contributed by atoms with Crippen LogP contribution in [-0.2, 0) is 19.3 Å². The summed E-state index contributed by atoms with van der Waals surface area (Å²) in [5.74, 6) is 0.542. The Kier molecular flexibility index (Phi) is 5.97. The van der Waals surface area contributed by atoms with Crippen LogP contribution in [0.1, 0.15) is 53.5 Å². The number of fused-ring (bicyclic) bond motifs is 2. The number of benzene rings is 3. The molecule has 3 aromatic carbocycles. The third-order valence-electron chi connectivity index (χ3n) is 8.32. The van der Waals surface area contributed by atoms with Gasteiger partial charge < -0.3 is 0 Å². The van der Waals surface area contributed by atoms with Crippen LogP contribution in [0.3, 0.4) is 0 Å². The molecule has 1 fully saturated rings. The Morgan fingerprint density at radius 2 is 1.61 bits per heavy atom. The third kappa shape index (κ3) is 4.16. The molecule has 3 aliphatic carbocycles. The zero-order valence-electron chi connectivity index (χ0n) is 21.3. The van der Waals surface area contributed by atoms with Crippen molar-refractivity contribution in [2.45, 2.75) is 44.9 Å². The largest absolute Gasteiger partial charge is 0.0952 e. The van der Waals surface area contributed by atoms with Crippen LogP contribution in [0.5, 0.6) is 0 Å². The second-order valence-corrected chi connectivity index (χ2v) is 10.7. The molecule has 0 radical (unpaired) electrons. The molecule has 0 saturated heterocycles. The van der Waals surface area contributed by atoms with Gasteiger partial charge in [0.25, 0.3) is 0 Å². The van der Waals surface area contributed by atoms with Crippen LogP contribution in [0.2, 0.25) is 0 Å². The molecule has 0 heteroatoms. The van der Waals surface area contributed by atoms with E-state index in [-0.39, 0.29) is 5.92 Å². The Bertz CT molecular complexity index is 1430. The molecule has 0 aromatic heterocycles. The highest BCUT2D eigenvalue weighted by atomic mass is 14.4. The molecule has 2 unspecified atom stereocenters. The summed E-state index contributed by atoms with van der Waals surface area (Å²) in [5.41, 5.74) is 15.2. The number of allylic oxidation sites excluding steroid dienone is 7. The predicted octanol–water partition coefficient (Wildman–Crippen LogP) is 8.97. The lowest BCUT2D eigenvalue weighted by Crippen LogP contribution is -2.21. The zero-order chi connectivity index (χ0) is 24.6. The Morgan fingerprint density at radius 3 is 2.39 bits per heavy atom. The van der Waals surface area contributed by atoms with E-state index in [0.29, 0.717) is 5.92 Å². The van der Waals surface area contributed by atoms with E-state index in [4.69, 9.17) is 6.58 Å². The fraction of sp³-hybridized carbons (Fsp3) is 0.222. The monoisotopic (exact) mass is 466 g/mol. The van der Waals surface area contributed by atoms with E-state index in [0.717, 1.165) is 12.8 Å². The minimum atomic E-state index is 0.251. The number of hydrogen-bond donors (Lipinski definition) is 0. The van der Waals surface area contributed by atoms with Gasteiger partial charge in [-0.3, -0.25) is 0 Å². The van der Waals surface area contributed by atoms with Gasteiger partial charge in [-0.25, -0.2) is 0 Å². The molecule has 3 aromatic rings. The second kappa shape index (κ2) is 9.43. The van der Waals surface area contributed by atoms with E-state index in [1.807, 2.05) is 0 Å². The van der Waals surface area contributed by atoms with Gasteiger partial charge in [-0.15, -0.1) is 0 Å². The van der Waals surface area contributed by atoms with Gasteiger partial charge in [0.2, 0.25) is 0 Å². The molecule has 36 heavy (non-hydrogen) atoms. The third-order valence-corrected chi connectivity index (χ3v) is 8.32. The predicted molar refractivity (Wildman–Crippen MR) is 153 cm³/mol. The Hall–Kier alpha value is -3.64. The molecule has 2 atom stereocenters. The van der Waals surface area contributed by atoms with Crippen molar-refractivity contribution in [3.8, 4) is 0 Å². The van der Waals surface area contributed by atoms with E-state index >= 15 is 0 Å². The van der Waals surface area contributed by atoms with Gasteiger partial charge in [0.1, 0.15) is 0 Å². The maximum absolute atomic E-state index is 4.71. The van der Waals surface area contributed by atoms with Crippen molar-refractivity contribution in [3.63, 3.8) is 0 Å². The first kappa shape index (κ1) is 22.8. The highest BCUT2D eigenvalue weighted by Gasteiger charge is 2.40. The van der Waals surface area contributed by atoms with Crippen LogP contribution in [0.25, 0.3) is 6.08 Å². The highest BCUT2D eigenvalue weighted by molar-refractivity contribution is 5.68. The van der Waals surface area contributed by atoms with Crippen LogP contribution in [-0.4, -0.2) is 0 Å². The van der Waals surface area contributed by atoms with E-state index in [1.54, 1.807) is 0 Å². The van der Waals surface area contributed by atoms with Crippen molar-refractivity contribution in [1.82, 2.24) is 0 Å². The molecule has 0 bridgehead atoms. The van der Waals surface area contributed by atoms with Gasteiger partial charge in [-0.05, 0) is 94.7 Å². The van der Waals surface area contributed by atoms with Gasteiger partial charge in [-0.2, -0.15) is 0 Å². The molecule has 1 saturated carbocycles. The molecule has 0 N–H and O–H groups in total. The zero-order valence-corrected chi connectivity index (χ0v) is 21.3. The smallest absolute Gasteiger partial charge is 0.0201 e. The first-order valence-electron chi connectivity index (χ1n) is 13.3. The summed E-state index contributed by atoms with van der Waals surface area (Å²) in [6, 6.07) is 28.8. The van der Waals surface area contributed by atoms with Crippen molar-refractivity contribution >= 4 is 6.08 Å². The fourth-order valence-electron chi connectivity index (χ4n) is 6.67. The van der Waals surface area contributed by atoms with Crippen molar-refractivity contribution in [3.05, 3.63) is 159 Å². The molecule has 6 rings (SSSR count). The van der Waals surface area contributed by atoms with Crippen LogP contribution >= 0.6 is 0 Å². The number of hydrogen-bond acceptors (Lipinski definition) is 0. The molecule has 0 amide bonds. The van der Waals surface area contributed by atoms with Gasteiger partial charge in [0.15, 0.2) is 0 Å². The van der Waals surface area contributed by atoms with E-state index in [1.165, 1.54) is 80.5 Å². The van der Waals surface area contributed by atoms with Crippen LogP contribution in [0.15, 0.2) is 132 Å². The lowest BCUT2D eigenvalue weighted by molar-refractivity contribution is 0.623. The molecular weight excluding hydrogens is 432 g/mol. The standard InChI is InChI=1S/C36H34/c1-24(19-27-11-6-4-7-12-27)34-25(2)20-33-23-32(22-28-17-18-29-15-10-16-31(29)21-28)26(3)35(33)36(34)30-13-8-5-9-14-30/h4-9,11-14,17-18,20-22,35-36H,1,3,10,15-16,19,23H2,2H3. The van der Waals surface area contributed by atoms with Crippen LogP contribution in [0.4, 0.5) is 0 Å². The van der Waals surface area contributed by atoms with Crippen LogP contribution in [0, 0.1) is 5.92 Å². The highest BCUT2D eigenvalue weighted by Crippen LogP contribution is 2.55. The Balaban J connectivity index is 1.38. The number of aryl methyl sites for hydroxylation is 2. The normalized spacial score (nSPS) is 22.0. The Labute approximate surface area is 216 Å². The molecule has 0 aliphatic heterocycles. The fourth-order valence-corrected chi connectivity index (χ4v) is 6.67. The maximum atomic E-state index is 4.71. The van der Waals surface area contributed by atoms with Gasteiger partial charge in [-0.1, -0.05) is 110 Å². The average Bonchev–Trinajstić information content (AvgIpc) is 3.48. The Morgan fingerprint density at radius 1 is 0.889 bits per heavy atom. The van der Waals surface area contributed by atoms with E-state index in [2.05, 4.69) is 105 Å². The minimum Gasteiger partial charge on any atom is -0.0952 e. The van der Waals surface area contributed by atoms with Crippen LogP contribution < -0.4 is 0 Å². The average molecular weight is 467 g/mol. The first-order chi connectivity index (χ1) is 17.6. The van der Waals surface area contributed by atoms with Crippen molar-refractivity contribution in [1.29, 1.82) is 0 Å². The van der Waals surface area contributed by atoms with Crippen molar-refractivity contribution in [2.75, 3.05) is 0 Å². The molecule has 0 spiro atoms. The molecule has 0 heterocycles. The molecule has 0 nitrogen and oxygen atoms in total. The van der Waals surface area contributed by atoms with E-state index < -0.39 is 0 Å². The molecule has 178 valence electrons. The topological polar surface area (TPSA) is 0 Å². The van der Waals surface area contributed by atoms with Gasteiger partial charge in [0, 0.05) is 11.8 Å². The molecular formula is C36H34. The lowest BCUT2D eigenvalue weighted by atomic mass is 9.69. The van der Waals surface area contributed by atoms with E-state index in [9.17, 15) is 0 Å². The van der Waals surface area contributed by atoms with Gasteiger partial charge in [0.05, 0.1) is 0 Å². The summed E-state index contributed by atoms with van der Waals surface area (Å²) in [5, 5.41) is 0. The summed E-state index contributed by atoms with van der Waals surface area (Å²) in [4.78, 5) is 0. The summed E-state index contributed by atoms with van der Waals surface area (Å²) in [7, 11) is 0.